The number of carbonyl (C=O) groups is 6. The van der Waals surface area contributed by atoms with Crippen molar-refractivity contribution in [3.8, 4) is 5.75 Å². The number of Topliss-reactive ketones (excluding diaryl/α,β-unsaturated/α-hetero) is 1. The molecule has 5 amide bonds. The number of nitrogens with zero attached hydrogens (tertiary/aromatic N) is 5. The molecule has 0 spiro atoms. The summed E-state index contributed by atoms with van der Waals surface area (Å²) in [4.78, 5) is 97.3. The Hall–Kier alpha value is -3.92. The Bertz CT molecular complexity index is 2310. The molecular formula is C65H109AlN7O9S+. The Kier molecular flexibility index (Phi) is 29.7. The van der Waals surface area contributed by atoms with Crippen molar-refractivity contribution >= 4 is 63.1 Å². The van der Waals surface area contributed by atoms with Crippen molar-refractivity contribution in [3.63, 3.8) is 0 Å². The molecule has 2 aliphatic heterocycles. The van der Waals surface area contributed by atoms with Gasteiger partial charge < -0.3 is 29.9 Å². The number of likely N-dealkylation sites (N-methyl/N-ethyl adjacent to an activating group) is 2. The van der Waals surface area contributed by atoms with E-state index in [1.807, 2.05) is 66.5 Å². The number of thiazole rings is 1. The van der Waals surface area contributed by atoms with E-state index in [-0.39, 0.29) is 64.0 Å². The zero-order valence-electron chi connectivity index (χ0n) is 54.2. The molecule has 2 fully saturated rings. The van der Waals surface area contributed by atoms with E-state index in [2.05, 4.69) is 89.8 Å². The fourth-order valence-electron chi connectivity index (χ4n) is 13.2. The molecule has 466 valence electrons. The van der Waals surface area contributed by atoms with Crippen LogP contribution in [0.2, 0.25) is 4.28 Å². The van der Waals surface area contributed by atoms with Crippen LogP contribution in [0, 0.1) is 47.3 Å². The number of ether oxygens (including phenoxy) is 3. The third-order valence-electron chi connectivity index (χ3n) is 17.9. The Morgan fingerprint density at radius 3 is 2.01 bits per heavy atom. The Labute approximate surface area is 512 Å². The van der Waals surface area contributed by atoms with Gasteiger partial charge in [-0.15, -0.1) is 11.3 Å². The summed E-state index contributed by atoms with van der Waals surface area (Å²) in [5.74, 6) is 0.562. The first-order valence-corrected chi connectivity index (χ1v) is 33.1. The molecule has 1 aromatic carbocycles. The molecule has 16 nitrogen and oxygen atoms in total. The quantitative estimate of drug-likeness (QED) is 0.0637. The molecule has 0 aliphatic carbocycles. The second-order valence-electron chi connectivity index (χ2n) is 26.1. The van der Waals surface area contributed by atoms with Crippen molar-refractivity contribution in [2.45, 2.75) is 220 Å². The summed E-state index contributed by atoms with van der Waals surface area (Å²) < 4.78 is 17.9. The maximum absolute atomic E-state index is 14.8. The molecular weight excluding hydrogens is 1080 g/mol. The number of rotatable bonds is 34. The summed E-state index contributed by atoms with van der Waals surface area (Å²) in [5.41, 5.74) is 0.904. The molecule has 2 saturated heterocycles. The van der Waals surface area contributed by atoms with E-state index in [0.717, 1.165) is 68.5 Å². The third kappa shape index (κ3) is 20.3. The van der Waals surface area contributed by atoms with Crippen LogP contribution in [0.5, 0.6) is 5.75 Å². The summed E-state index contributed by atoms with van der Waals surface area (Å²) >= 11 is 3.31. The monoisotopic (exact) mass is 1190 g/mol. The summed E-state index contributed by atoms with van der Waals surface area (Å²) in [6, 6.07) is 4.76. The average Bonchev–Trinajstić information content (AvgIpc) is 4.28. The van der Waals surface area contributed by atoms with Gasteiger partial charge in [0, 0.05) is 45.9 Å². The van der Waals surface area contributed by atoms with Crippen LogP contribution in [0.3, 0.4) is 0 Å². The summed E-state index contributed by atoms with van der Waals surface area (Å²) in [5, 5.41) is 9.08. The number of likely N-dealkylation sites (tertiary alicyclic amines) is 2. The number of ketones is 1. The molecule has 2 N–H and O–H groups in total. The van der Waals surface area contributed by atoms with Crippen molar-refractivity contribution in [2.24, 2.45) is 47.3 Å². The zero-order valence-corrected chi connectivity index (χ0v) is 56.4. The molecule has 83 heavy (non-hydrogen) atoms. The van der Waals surface area contributed by atoms with Gasteiger partial charge in [0.05, 0.1) is 48.7 Å². The van der Waals surface area contributed by atoms with Gasteiger partial charge >= 0.3 is 165 Å². The molecule has 1 aromatic heterocycles. The molecule has 2 aromatic rings. The van der Waals surface area contributed by atoms with Gasteiger partial charge in [-0.05, 0) is 62.3 Å². The fraction of sp³-hybridized carbons (Fsp3) is 0.769. The van der Waals surface area contributed by atoms with Crippen molar-refractivity contribution in [3.05, 3.63) is 46.4 Å². The number of piperidine rings is 1. The van der Waals surface area contributed by atoms with Crippen LogP contribution < -0.4 is 15.4 Å². The Morgan fingerprint density at radius 1 is 0.819 bits per heavy atom. The van der Waals surface area contributed by atoms with E-state index in [0.29, 0.717) is 74.6 Å². The molecule has 4 rings (SSSR count). The van der Waals surface area contributed by atoms with Gasteiger partial charge in [-0.1, -0.05) is 88.5 Å². The number of aromatic nitrogens is 1. The second-order valence-corrected chi connectivity index (χ2v) is 28.4. The van der Waals surface area contributed by atoms with Gasteiger partial charge in [0.15, 0.2) is 0 Å². The van der Waals surface area contributed by atoms with Crippen LogP contribution in [0.25, 0.3) is 0 Å². The van der Waals surface area contributed by atoms with Crippen molar-refractivity contribution in [1.29, 1.82) is 0 Å². The number of amides is 5. The van der Waals surface area contributed by atoms with Gasteiger partial charge in [0.1, 0.15) is 11.0 Å². The topological polar surface area (TPSA) is 180 Å². The van der Waals surface area contributed by atoms with E-state index in [4.69, 9.17) is 14.2 Å². The third-order valence-corrected chi connectivity index (χ3v) is 19.8. The van der Waals surface area contributed by atoms with Crippen molar-refractivity contribution < 1.29 is 43.0 Å². The van der Waals surface area contributed by atoms with E-state index < -0.39 is 48.4 Å². The SMILES string of the molecule is CCC[C]([AlH+])(CC(C)C)C(=O)C1CCN(C(=O)Oc2ccc(C[C@H](NC(=O)[C@H](C)[C@@H](OC)[C@@H]3CCCN3C(=O)C[C@@H](OC)[C@H]([C@@H](C)CC)N(C)C(=O)[C@@H](NC(=O)[C@H](C(C)C)N(C)CC(CC)CCC(C)C)C(C)C)c3nccs3)cc2)CC1. The van der Waals surface area contributed by atoms with E-state index in [1.54, 1.807) is 49.4 Å². The van der Waals surface area contributed by atoms with E-state index >= 15 is 0 Å². The molecule has 11 atom stereocenters. The summed E-state index contributed by atoms with van der Waals surface area (Å²) in [7, 11) is 6.96. The predicted octanol–water partition coefficient (Wildman–Crippen LogP) is 10.7. The van der Waals surface area contributed by atoms with Gasteiger partial charge in [-0.3, -0.25) is 24.1 Å². The molecule has 2 aliphatic rings. The number of methoxy groups -OCH3 is 2. The molecule has 2 unspecified atom stereocenters. The normalized spacial score (nSPS) is 19.2. The van der Waals surface area contributed by atoms with E-state index in [9.17, 15) is 28.8 Å². The van der Waals surface area contributed by atoms with Gasteiger partial charge in [-0.2, -0.15) is 0 Å². The van der Waals surface area contributed by atoms with Crippen LogP contribution in [0.1, 0.15) is 184 Å². The first-order valence-electron chi connectivity index (χ1n) is 31.5. The Balaban J connectivity index is 1.42. The molecule has 0 saturated carbocycles. The fourth-order valence-corrected chi connectivity index (χ4v) is 15.1. The first kappa shape index (κ1) is 71.6. The first-order chi connectivity index (χ1) is 39.2. The zero-order chi connectivity index (χ0) is 61.9. The average molecular weight is 1190 g/mol. The van der Waals surface area contributed by atoms with Crippen LogP contribution in [0.4, 0.5) is 4.79 Å². The number of benzene rings is 1. The van der Waals surface area contributed by atoms with E-state index in [1.165, 1.54) is 11.3 Å². The molecule has 18 heteroatoms. The maximum atomic E-state index is 14.8. The van der Waals surface area contributed by atoms with Crippen molar-refractivity contribution in [2.75, 3.05) is 54.5 Å². The predicted molar refractivity (Wildman–Crippen MR) is 335 cm³/mol. The second kappa shape index (κ2) is 34.4. The van der Waals surface area contributed by atoms with Crippen LogP contribution in [-0.4, -0.2) is 167 Å². The standard InChI is InChI=1S/C65H108N7O9S.Al.H/c1-18-22-50(37-42(6)7)59(74)49-30-34-71(35-31-49)65(78)81-51-28-26-48(27-29-51)38-52(63-66-32-36-82-63)67-61(75)46(13)60(80-17)53-23-21-33-72(53)55(73)39-54(79-16)58(45(12)19-2)70(15)64(77)56(43(8)9)68-62(76)57(44(10)11)69(14)40-47(20-3)25-24-41(4)5;;/h26-29,32,36,41-47,49,52-54,56-58,60H,18-25,30-31,33-35,37-40H2,1-17H3,(H,67,75)(H,68,76);;/q;+1;/t45-,46+,47?,52-,53-,54+,56-,57-,58-,60+;;/m0../s1. The van der Waals surface area contributed by atoms with Crippen LogP contribution >= 0.6 is 11.3 Å². The Morgan fingerprint density at radius 2 is 1.48 bits per heavy atom. The van der Waals surface area contributed by atoms with Crippen molar-refractivity contribution in [1.82, 2.24) is 35.2 Å². The summed E-state index contributed by atoms with van der Waals surface area (Å²) in [6.45, 7) is 29.4. The molecule has 3 heterocycles. The molecule has 0 radical (unpaired) electrons. The van der Waals surface area contributed by atoms with Crippen LogP contribution in [-0.2, 0) is 39.9 Å². The van der Waals surface area contributed by atoms with Gasteiger partial charge in [-0.25, -0.2) is 4.98 Å². The van der Waals surface area contributed by atoms with Gasteiger partial charge in [0.25, 0.3) is 0 Å². The summed E-state index contributed by atoms with van der Waals surface area (Å²) in [6.07, 6.45) is 9.82. The number of carbonyl (C=O) groups excluding carboxylic acids is 6. The van der Waals surface area contributed by atoms with Gasteiger partial charge in [0.2, 0.25) is 23.6 Å². The molecule has 0 bridgehead atoms. The minimum atomic E-state index is -0.794. The minimum absolute atomic E-state index is 0.00751. The number of hydrogen-bond donors (Lipinski definition) is 2. The number of nitrogens with one attached hydrogen (secondary N) is 2. The number of hydrogen-bond acceptors (Lipinski definition) is 12. The van der Waals surface area contributed by atoms with Crippen LogP contribution in [0.15, 0.2) is 35.8 Å².